The van der Waals surface area contributed by atoms with Crippen molar-refractivity contribution in [2.45, 2.75) is 71.3 Å². The molecule has 0 atom stereocenters. The molecule has 0 unspecified atom stereocenters. The van der Waals surface area contributed by atoms with Gasteiger partial charge in [-0.2, -0.15) is 0 Å². The minimum Gasteiger partial charge on any atom is -0.364 e. The highest BCUT2D eigenvalue weighted by atomic mass is 32.2. The summed E-state index contributed by atoms with van der Waals surface area (Å²) in [5.74, 6) is 2.21. The molecule has 0 aliphatic carbocycles. The molecule has 2 heterocycles. The Hall–Kier alpha value is -1.35. The number of unbranched alkanes of at least 4 members (excludes halogenated alkanes) is 4. The standard InChI is InChI=1S/C30H44N4S4/c1-22-15-16-25-26(19-22)34(27-20-23(2)21-31-28(25)27)24(13-9-7-11-17-37-29(35)32(3)4)14-10-8-12-18-38-30(36)33(5)6/h15-16,19-21,24H,7-14,17-18H2,1-6H3. The van der Waals surface area contributed by atoms with Gasteiger partial charge in [0.2, 0.25) is 0 Å². The molecule has 0 saturated heterocycles. The normalized spacial score (nSPS) is 11.6. The third kappa shape index (κ3) is 8.83. The number of thiocarbonyl (C=S) groups is 2. The number of hydrogen-bond donors (Lipinski definition) is 0. The average Bonchev–Trinajstić information content (AvgIpc) is 3.18. The molecular formula is C30H44N4S4. The lowest BCUT2D eigenvalue weighted by molar-refractivity contribution is 0.418. The molecule has 3 rings (SSSR count). The fourth-order valence-electron chi connectivity index (χ4n) is 4.81. The summed E-state index contributed by atoms with van der Waals surface area (Å²) in [5.41, 5.74) is 6.29. The number of pyridine rings is 1. The number of thioether (sulfide) groups is 2. The predicted molar refractivity (Wildman–Crippen MR) is 180 cm³/mol. The zero-order chi connectivity index (χ0) is 27.7. The number of fused-ring (bicyclic) bond motifs is 3. The summed E-state index contributed by atoms with van der Waals surface area (Å²) >= 11 is 14.5. The van der Waals surface area contributed by atoms with Crippen LogP contribution in [0.1, 0.15) is 68.5 Å². The van der Waals surface area contributed by atoms with Crippen LogP contribution in [0.25, 0.3) is 21.9 Å². The minimum atomic E-state index is 0.478. The molecule has 0 aliphatic heterocycles. The van der Waals surface area contributed by atoms with Gasteiger partial charge in [0.15, 0.2) is 0 Å². The molecule has 0 radical (unpaired) electrons. The molecule has 0 saturated carbocycles. The largest absolute Gasteiger partial charge is 0.364 e. The van der Waals surface area contributed by atoms with Crippen LogP contribution in [0.4, 0.5) is 0 Å². The summed E-state index contributed by atoms with van der Waals surface area (Å²) < 4.78 is 4.59. The first-order valence-electron chi connectivity index (χ1n) is 13.7. The second-order valence-corrected chi connectivity index (χ2v) is 14.1. The van der Waals surface area contributed by atoms with E-state index in [-0.39, 0.29) is 0 Å². The first kappa shape index (κ1) is 31.2. The van der Waals surface area contributed by atoms with Crippen molar-refractivity contribution in [3.63, 3.8) is 0 Å². The van der Waals surface area contributed by atoms with E-state index in [2.05, 4.69) is 42.7 Å². The van der Waals surface area contributed by atoms with E-state index in [1.165, 1.54) is 78.9 Å². The van der Waals surface area contributed by atoms with E-state index in [0.29, 0.717) is 6.04 Å². The fraction of sp³-hybridized carbons (Fsp3) is 0.567. The van der Waals surface area contributed by atoms with E-state index in [4.69, 9.17) is 29.4 Å². The van der Waals surface area contributed by atoms with E-state index in [1.807, 2.05) is 44.2 Å². The average molecular weight is 589 g/mol. The van der Waals surface area contributed by atoms with E-state index in [0.717, 1.165) is 25.7 Å². The van der Waals surface area contributed by atoms with Crippen molar-refractivity contribution in [3.8, 4) is 0 Å². The third-order valence-electron chi connectivity index (χ3n) is 6.84. The van der Waals surface area contributed by atoms with Gasteiger partial charge < -0.3 is 14.4 Å². The van der Waals surface area contributed by atoms with E-state index in [1.54, 1.807) is 23.5 Å². The molecule has 38 heavy (non-hydrogen) atoms. The second-order valence-electron chi connectivity index (χ2n) is 10.6. The molecule has 3 aromatic rings. The van der Waals surface area contributed by atoms with Crippen molar-refractivity contribution >= 4 is 78.5 Å². The monoisotopic (exact) mass is 588 g/mol. The van der Waals surface area contributed by atoms with Gasteiger partial charge in [-0.05, 0) is 62.8 Å². The number of benzene rings is 1. The van der Waals surface area contributed by atoms with Crippen LogP contribution in [0, 0.1) is 13.8 Å². The van der Waals surface area contributed by atoms with Crippen LogP contribution in [-0.4, -0.2) is 67.7 Å². The first-order valence-corrected chi connectivity index (χ1v) is 16.5. The molecule has 0 aliphatic rings. The molecule has 0 fully saturated rings. The summed E-state index contributed by atoms with van der Waals surface area (Å²) in [5, 5.41) is 1.28. The van der Waals surface area contributed by atoms with Crippen molar-refractivity contribution in [3.05, 3.63) is 41.6 Å². The van der Waals surface area contributed by atoms with Crippen LogP contribution in [0.2, 0.25) is 0 Å². The van der Waals surface area contributed by atoms with Crippen LogP contribution >= 0.6 is 48.0 Å². The van der Waals surface area contributed by atoms with Crippen LogP contribution in [0.3, 0.4) is 0 Å². The number of rotatable bonds is 13. The van der Waals surface area contributed by atoms with Crippen molar-refractivity contribution in [2.24, 2.45) is 0 Å². The van der Waals surface area contributed by atoms with Crippen molar-refractivity contribution in [1.29, 1.82) is 0 Å². The SMILES string of the molecule is Cc1ccc2c3ncc(C)cc3n(C(CCCCCSC(=S)N(C)C)CCCCCSC(=S)N(C)C)c2c1. The van der Waals surface area contributed by atoms with E-state index >= 15 is 0 Å². The summed E-state index contributed by atoms with van der Waals surface area (Å²) in [6, 6.07) is 9.65. The van der Waals surface area contributed by atoms with Crippen molar-refractivity contribution in [1.82, 2.24) is 19.4 Å². The molecule has 0 amide bonds. The Balaban J connectivity index is 1.72. The van der Waals surface area contributed by atoms with Crippen molar-refractivity contribution < 1.29 is 0 Å². The van der Waals surface area contributed by atoms with Crippen molar-refractivity contribution in [2.75, 3.05) is 39.7 Å². The second kappa shape index (κ2) is 15.4. The maximum absolute atomic E-state index is 5.44. The number of hydrogen-bond acceptors (Lipinski definition) is 5. The Morgan fingerprint density at radius 3 is 1.89 bits per heavy atom. The van der Waals surface area contributed by atoms with E-state index < -0.39 is 0 Å². The molecule has 1 aromatic carbocycles. The lowest BCUT2D eigenvalue weighted by Gasteiger charge is -2.22. The Morgan fingerprint density at radius 1 is 0.789 bits per heavy atom. The van der Waals surface area contributed by atoms with Crippen LogP contribution in [0.5, 0.6) is 0 Å². The summed E-state index contributed by atoms with van der Waals surface area (Å²) in [4.78, 5) is 8.95. The number of aromatic nitrogens is 2. The van der Waals surface area contributed by atoms with Gasteiger partial charge in [0.25, 0.3) is 0 Å². The molecule has 0 spiro atoms. The molecule has 8 heteroatoms. The highest BCUT2D eigenvalue weighted by molar-refractivity contribution is 8.23. The lowest BCUT2D eigenvalue weighted by Crippen LogP contribution is -2.16. The minimum absolute atomic E-state index is 0.478. The maximum Gasteiger partial charge on any atom is 0.135 e. The lowest BCUT2D eigenvalue weighted by atomic mass is 10.0. The zero-order valence-corrected chi connectivity index (χ0v) is 27.2. The van der Waals surface area contributed by atoms with Gasteiger partial charge in [-0.15, -0.1) is 0 Å². The Kier molecular flexibility index (Phi) is 12.7. The number of nitrogens with zero attached hydrogens (tertiary/aromatic N) is 4. The number of aryl methyl sites for hydroxylation is 2. The Labute approximate surface area is 249 Å². The fourth-order valence-corrected chi connectivity index (χ4v) is 6.87. The summed E-state index contributed by atoms with van der Waals surface area (Å²) in [6.07, 6.45) is 11.8. The molecular weight excluding hydrogens is 545 g/mol. The summed E-state index contributed by atoms with van der Waals surface area (Å²) in [7, 11) is 8.11. The van der Waals surface area contributed by atoms with Gasteiger partial charge in [-0.1, -0.05) is 85.8 Å². The Morgan fingerprint density at radius 2 is 1.34 bits per heavy atom. The third-order valence-corrected chi connectivity index (χ3v) is 10.5. The molecule has 2 aromatic heterocycles. The highest BCUT2D eigenvalue weighted by Gasteiger charge is 2.19. The molecule has 0 bridgehead atoms. The van der Waals surface area contributed by atoms with Gasteiger partial charge in [0, 0.05) is 57.3 Å². The summed E-state index contributed by atoms with van der Waals surface area (Å²) in [6.45, 7) is 4.35. The Bertz CT molecular complexity index is 1130. The first-order chi connectivity index (χ1) is 18.2. The quantitative estimate of drug-likeness (QED) is 0.146. The maximum atomic E-state index is 5.44. The van der Waals surface area contributed by atoms with E-state index in [9.17, 15) is 0 Å². The van der Waals surface area contributed by atoms with Crippen LogP contribution in [0.15, 0.2) is 30.5 Å². The van der Waals surface area contributed by atoms with Crippen LogP contribution in [-0.2, 0) is 0 Å². The van der Waals surface area contributed by atoms with Crippen LogP contribution < -0.4 is 0 Å². The van der Waals surface area contributed by atoms with Gasteiger partial charge in [-0.25, -0.2) is 0 Å². The highest BCUT2D eigenvalue weighted by Crippen LogP contribution is 2.36. The predicted octanol–water partition coefficient (Wildman–Crippen LogP) is 8.63. The van der Waals surface area contributed by atoms with Gasteiger partial charge in [-0.3, -0.25) is 4.98 Å². The molecule has 208 valence electrons. The van der Waals surface area contributed by atoms with Gasteiger partial charge in [0.1, 0.15) is 8.64 Å². The zero-order valence-electron chi connectivity index (χ0n) is 24.0. The smallest absolute Gasteiger partial charge is 0.135 e. The van der Waals surface area contributed by atoms with Gasteiger partial charge >= 0.3 is 0 Å². The van der Waals surface area contributed by atoms with Gasteiger partial charge in [0.05, 0.1) is 16.6 Å². The topological polar surface area (TPSA) is 24.3 Å². The molecule has 0 N–H and O–H groups in total. The molecule has 4 nitrogen and oxygen atoms in total.